The van der Waals surface area contributed by atoms with Crippen LogP contribution in [0.25, 0.3) is 0 Å². The SMILES string of the molecule is CC(C)c1ccc(N(Cc2cnn(Cc3cc(C(F)(F)F)ccn3)c2)C(=O)C2CCCc3c(O)cccc32)cn1.Cl.Cl. The van der Waals surface area contributed by atoms with E-state index in [1.54, 1.807) is 35.6 Å². The molecule has 0 bridgehead atoms. The Hall–Kier alpha value is -3.63. The van der Waals surface area contributed by atoms with Crippen molar-refractivity contribution in [2.75, 3.05) is 4.90 Å². The van der Waals surface area contributed by atoms with Crippen LogP contribution >= 0.6 is 24.8 Å². The predicted molar refractivity (Wildman–Crippen MR) is 158 cm³/mol. The molecule has 0 saturated heterocycles. The summed E-state index contributed by atoms with van der Waals surface area (Å²) in [6.45, 7) is 4.34. The molecule has 12 heteroatoms. The Morgan fingerprint density at radius 3 is 2.60 bits per heavy atom. The van der Waals surface area contributed by atoms with Gasteiger partial charge in [0.2, 0.25) is 5.91 Å². The summed E-state index contributed by atoms with van der Waals surface area (Å²) >= 11 is 0. The lowest BCUT2D eigenvalue weighted by Gasteiger charge is -2.31. The predicted octanol–water partition coefficient (Wildman–Crippen LogP) is 7.07. The fraction of sp³-hybridized carbons (Fsp3) is 0.333. The summed E-state index contributed by atoms with van der Waals surface area (Å²) in [6.07, 6.45) is 3.83. The Morgan fingerprint density at radius 1 is 1.12 bits per heavy atom. The number of nitrogens with zero attached hydrogens (tertiary/aromatic N) is 5. The number of hydrogen-bond acceptors (Lipinski definition) is 5. The number of phenols is 1. The Morgan fingerprint density at radius 2 is 1.90 bits per heavy atom. The van der Waals surface area contributed by atoms with Crippen LogP contribution in [0.15, 0.2) is 67.3 Å². The lowest BCUT2D eigenvalue weighted by atomic mass is 9.81. The van der Waals surface area contributed by atoms with Gasteiger partial charge >= 0.3 is 6.18 Å². The third-order valence-corrected chi connectivity index (χ3v) is 7.22. The highest BCUT2D eigenvalue weighted by Gasteiger charge is 2.33. The molecule has 3 aromatic heterocycles. The number of anilines is 1. The highest BCUT2D eigenvalue weighted by Crippen LogP contribution is 2.38. The quantitative estimate of drug-likeness (QED) is 0.239. The van der Waals surface area contributed by atoms with E-state index in [-0.39, 0.29) is 61.2 Å². The molecule has 0 fully saturated rings. The van der Waals surface area contributed by atoms with Crippen molar-refractivity contribution >= 4 is 36.4 Å². The van der Waals surface area contributed by atoms with Gasteiger partial charge in [0, 0.05) is 23.7 Å². The van der Waals surface area contributed by atoms with Gasteiger partial charge in [0.1, 0.15) is 5.75 Å². The van der Waals surface area contributed by atoms with Crippen molar-refractivity contribution in [2.24, 2.45) is 0 Å². The number of amides is 1. The zero-order valence-corrected chi connectivity index (χ0v) is 24.7. The Labute approximate surface area is 254 Å². The number of carbonyl (C=O) groups excluding carboxylic acids is 1. The molecular weight excluding hydrogens is 590 g/mol. The molecule has 1 amide bonds. The van der Waals surface area contributed by atoms with E-state index in [0.717, 1.165) is 41.6 Å². The van der Waals surface area contributed by atoms with E-state index in [1.807, 2.05) is 32.0 Å². The van der Waals surface area contributed by atoms with Crippen molar-refractivity contribution in [1.82, 2.24) is 19.7 Å². The number of rotatable bonds is 7. The molecule has 1 N–H and O–H groups in total. The van der Waals surface area contributed by atoms with E-state index >= 15 is 0 Å². The minimum Gasteiger partial charge on any atom is -0.508 e. The fourth-order valence-electron chi connectivity index (χ4n) is 5.13. The maximum absolute atomic E-state index is 14.1. The monoisotopic (exact) mass is 621 g/mol. The highest BCUT2D eigenvalue weighted by atomic mass is 35.5. The minimum atomic E-state index is -4.46. The molecule has 0 saturated carbocycles. The van der Waals surface area contributed by atoms with Crippen LogP contribution in [0.3, 0.4) is 0 Å². The summed E-state index contributed by atoms with van der Waals surface area (Å²) in [5.74, 6) is -0.106. The third kappa shape index (κ3) is 7.22. The topological polar surface area (TPSA) is 84.1 Å². The molecule has 0 spiro atoms. The second-order valence-electron chi connectivity index (χ2n) is 10.4. The minimum absolute atomic E-state index is 0. The molecule has 0 radical (unpaired) electrons. The van der Waals surface area contributed by atoms with E-state index in [4.69, 9.17) is 0 Å². The number of hydrogen-bond donors (Lipinski definition) is 1. The summed E-state index contributed by atoms with van der Waals surface area (Å²) in [5, 5.41) is 14.7. The first-order valence-corrected chi connectivity index (χ1v) is 13.2. The van der Waals surface area contributed by atoms with Gasteiger partial charge in [0.25, 0.3) is 0 Å². The summed E-state index contributed by atoms with van der Waals surface area (Å²) in [7, 11) is 0. The lowest BCUT2D eigenvalue weighted by Crippen LogP contribution is -2.36. The molecule has 0 aliphatic heterocycles. The lowest BCUT2D eigenvalue weighted by molar-refractivity contribution is -0.137. The summed E-state index contributed by atoms with van der Waals surface area (Å²) in [5.41, 5.74) is 3.35. The molecule has 1 aliphatic rings. The number of phenolic OH excluding ortho intramolecular Hbond substituents is 1. The van der Waals surface area contributed by atoms with Gasteiger partial charge < -0.3 is 10.0 Å². The Kier molecular flexibility index (Phi) is 10.6. The van der Waals surface area contributed by atoms with Crippen molar-refractivity contribution in [3.63, 3.8) is 0 Å². The number of pyridine rings is 2. The van der Waals surface area contributed by atoms with Crippen molar-refractivity contribution in [3.8, 4) is 5.75 Å². The fourth-order valence-corrected chi connectivity index (χ4v) is 5.13. The molecule has 1 unspecified atom stereocenters. The molecule has 4 aromatic rings. The van der Waals surface area contributed by atoms with Gasteiger partial charge in [-0.3, -0.25) is 19.4 Å². The van der Waals surface area contributed by atoms with Gasteiger partial charge in [-0.15, -0.1) is 24.8 Å². The van der Waals surface area contributed by atoms with Crippen molar-refractivity contribution in [2.45, 2.75) is 64.2 Å². The maximum atomic E-state index is 14.1. The van der Waals surface area contributed by atoms with E-state index in [2.05, 4.69) is 15.1 Å². The summed E-state index contributed by atoms with van der Waals surface area (Å²) < 4.78 is 40.9. The van der Waals surface area contributed by atoms with Crippen LogP contribution in [0.1, 0.15) is 72.2 Å². The van der Waals surface area contributed by atoms with Crippen LogP contribution < -0.4 is 4.90 Å². The molecule has 42 heavy (non-hydrogen) atoms. The van der Waals surface area contributed by atoms with Crippen LogP contribution in [0.2, 0.25) is 0 Å². The number of benzene rings is 1. The standard InChI is InChI=1S/C30H30F3N5O2.2ClH/c1-19(2)27-10-9-23(15-35-27)38(29(40)26-7-3-6-25-24(26)5-4-8-28(25)39)17-20-14-36-37(16-20)18-22-13-21(11-12-34-22)30(31,32)33;;/h4-5,8-16,19,26,39H,3,6-7,17-18H2,1-2H3;2*1H. The zero-order valence-electron chi connectivity index (χ0n) is 23.1. The molecule has 7 nitrogen and oxygen atoms in total. The van der Waals surface area contributed by atoms with Crippen molar-refractivity contribution < 1.29 is 23.1 Å². The number of aromatic hydroxyl groups is 1. The second kappa shape index (κ2) is 13.6. The summed E-state index contributed by atoms with van der Waals surface area (Å²) in [6, 6.07) is 11.0. The van der Waals surface area contributed by atoms with Gasteiger partial charge in [-0.25, -0.2) is 0 Å². The molecule has 3 heterocycles. The largest absolute Gasteiger partial charge is 0.508 e. The molecule has 1 aromatic carbocycles. The Balaban J connectivity index is 0.00000242. The molecule has 5 rings (SSSR count). The van der Waals surface area contributed by atoms with Gasteiger partial charge in [-0.1, -0.05) is 26.0 Å². The zero-order chi connectivity index (χ0) is 28.4. The second-order valence-corrected chi connectivity index (χ2v) is 10.4. The van der Waals surface area contributed by atoms with Crippen LogP contribution in [-0.4, -0.2) is 30.8 Å². The van der Waals surface area contributed by atoms with Crippen molar-refractivity contribution in [3.05, 3.63) is 101 Å². The molecular formula is C30H32Cl2F3N5O2. The number of alkyl halides is 3. The third-order valence-electron chi connectivity index (χ3n) is 7.22. The average molecular weight is 623 g/mol. The number of fused-ring (bicyclic) bond motifs is 1. The van der Waals surface area contributed by atoms with E-state index in [0.29, 0.717) is 24.1 Å². The highest BCUT2D eigenvalue weighted by molar-refractivity contribution is 5.98. The number of carbonyl (C=O) groups is 1. The maximum Gasteiger partial charge on any atom is 0.416 e. The molecule has 1 atom stereocenters. The first kappa shape index (κ1) is 32.9. The van der Waals surface area contributed by atoms with E-state index in [1.165, 1.54) is 4.68 Å². The van der Waals surface area contributed by atoms with Crippen LogP contribution in [0.4, 0.5) is 18.9 Å². The van der Waals surface area contributed by atoms with Gasteiger partial charge in [-0.2, -0.15) is 18.3 Å². The van der Waals surface area contributed by atoms with Gasteiger partial charge in [0.05, 0.1) is 48.3 Å². The van der Waals surface area contributed by atoms with E-state index in [9.17, 15) is 23.1 Å². The van der Waals surface area contributed by atoms with Crippen LogP contribution in [0, 0.1) is 0 Å². The van der Waals surface area contributed by atoms with Gasteiger partial charge in [-0.05, 0) is 66.6 Å². The van der Waals surface area contributed by atoms with Crippen LogP contribution in [-0.2, 0) is 30.5 Å². The average Bonchev–Trinajstić information content (AvgIpc) is 3.38. The number of aromatic nitrogens is 4. The van der Waals surface area contributed by atoms with Crippen LogP contribution in [0.5, 0.6) is 5.75 Å². The normalized spacial score (nSPS) is 14.5. The Bertz CT molecular complexity index is 1510. The first-order valence-electron chi connectivity index (χ1n) is 13.2. The molecule has 224 valence electrons. The smallest absolute Gasteiger partial charge is 0.416 e. The van der Waals surface area contributed by atoms with E-state index < -0.39 is 17.7 Å². The van der Waals surface area contributed by atoms with Crippen molar-refractivity contribution in [1.29, 1.82) is 0 Å². The summed E-state index contributed by atoms with van der Waals surface area (Å²) in [4.78, 5) is 24.4. The number of halogens is 5. The first-order chi connectivity index (χ1) is 19.1. The van der Waals surface area contributed by atoms with Gasteiger partial charge in [0.15, 0.2) is 0 Å². The molecule has 1 aliphatic carbocycles.